The highest BCUT2D eigenvalue weighted by Crippen LogP contribution is 2.23. The van der Waals surface area contributed by atoms with Gasteiger partial charge in [0.05, 0.1) is 12.6 Å². The Morgan fingerprint density at radius 3 is 2.71 bits per heavy atom. The Morgan fingerprint density at radius 2 is 2.18 bits per heavy atom. The number of amides is 1. The third kappa shape index (κ3) is 3.96. The first-order valence-corrected chi connectivity index (χ1v) is 6.48. The molecule has 0 spiro atoms. The maximum atomic E-state index is 12.2. The summed E-state index contributed by atoms with van der Waals surface area (Å²) in [6.07, 6.45) is 1.03. The minimum absolute atomic E-state index is 0.0801. The molecule has 2 N–H and O–H groups in total. The highest BCUT2D eigenvalue weighted by Gasteiger charge is 2.34. The summed E-state index contributed by atoms with van der Waals surface area (Å²) in [7, 11) is 0. The molecule has 1 unspecified atom stereocenters. The summed E-state index contributed by atoms with van der Waals surface area (Å²) < 4.78 is 5.40. The van der Waals surface area contributed by atoms with Crippen LogP contribution in [0.1, 0.15) is 34.1 Å². The molecular formula is C13H26N2O2. The quantitative estimate of drug-likeness (QED) is 0.807. The average molecular weight is 242 g/mol. The fourth-order valence-electron chi connectivity index (χ4n) is 2.02. The summed E-state index contributed by atoms with van der Waals surface area (Å²) in [4.78, 5) is 14.1. The van der Waals surface area contributed by atoms with Crippen molar-refractivity contribution < 1.29 is 9.53 Å². The molecule has 4 heteroatoms. The van der Waals surface area contributed by atoms with Crippen LogP contribution in [0.3, 0.4) is 0 Å². The lowest BCUT2D eigenvalue weighted by Crippen LogP contribution is -2.49. The number of carbonyl (C=O) groups excluding carboxylic acids is 1. The molecular weight excluding hydrogens is 216 g/mol. The van der Waals surface area contributed by atoms with Gasteiger partial charge in [0.1, 0.15) is 0 Å². The third-order valence-corrected chi connectivity index (χ3v) is 3.35. The number of nitrogens with zero attached hydrogens (tertiary/aromatic N) is 1. The smallest absolute Gasteiger partial charge is 0.240 e. The summed E-state index contributed by atoms with van der Waals surface area (Å²) in [6.45, 7) is 11.1. The van der Waals surface area contributed by atoms with Gasteiger partial charge in [-0.05, 0) is 18.8 Å². The number of hydrogen-bond acceptors (Lipinski definition) is 3. The summed E-state index contributed by atoms with van der Waals surface area (Å²) in [5.41, 5.74) is 5.83. The second kappa shape index (κ2) is 5.83. The molecule has 0 aromatic rings. The minimum Gasteiger partial charge on any atom is -0.381 e. The van der Waals surface area contributed by atoms with Crippen molar-refractivity contribution in [3.8, 4) is 0 Å². The van der Waals surface area contributed by atoms with Crippen LogP contribution in [0.2, 0.25) is 0 Å². The fraction of sp³-hybridized carbons (Fsp3) is 0.923. The summed E-state index contributed by atoms with van der Waals surface area (Å²) >= 11 is 0. The molecule has 0 aromatic carbocycles. The number of nitrogens with two attached hydrogens (primary N) is 1. The van der Waals surface area contributed by atoms with Gasteiger partial charge >= 0.3 is 0 Å². The molecule has 4 nitrogen and oxygen atoms in total. The van der Waals surface area contributed by atoms with Crippen LogP contribution >= 0.6 is 0 Å². The molecule has 1 saturated heterocycles. The van der Waals surface area contributed by atoms with Crippen molar-refractivity contribution in [1.29, 1.82) is 0 Å². The van der Waals surface area contributed by atoms with Crippen molar-refractivity contribution >= 4 is 5.91 Å². The van der Waals surface area contributed by atoms with E-state index >= 15 is 0 Å². The number of ether oxygens (including phenoxy) is 1. The van der Waals surface area contributed by atoms with Crippen LogP contribution in [-0.2, 0) is 9.53 Å². The van der Waals surface area contributed by atoms with Gasteiger partial charge in [0.25, 0.3) is 0 Å². The topological polar surface area (TPSA) is 55.6 Å². The molecule has 0 radical (unpaired) electrons. The van der Waals surface area contributed by atoms with E-state index in [-0.39, 0.29) is 11.3 Å². The van der Waals surface area contributed by atoms with Crippen LogP contribution < -0.4 is 5.73 Å². The number of hydrogen-bond donors (Lipinski definition) is 1. The molecule has 0 bridgehead atoms. The summed E-state index contributed by atoms with van der Waals surface area (Å²) in [5.74, 6) is 0.558. The zero-order valence-corrected chi connectivity index (χ0v) is 11.5. The van der Waals surface area contributed by atoms with E-state index in [4.69, 9.17) is 10.5 Å². The molecule has 17 heavy (non-hydrogen) atoms. The van der Waals surface area contributed by atoms with E-state index in [1.54, 1.807) is 0 Å². The van der Waals surface area contributed by atoms with Gasteiger partial charge in [0.2, 0.25) is 5.91 Å². The zero-order valence-electron chi connectivity index (χ0n) is 11.5. The Balaban J connectivity index is 2.45. The highest BCUT2D eigenvalue weighted by molar-refractivity contribution is 5.82. The van der Waals surface area contributed by atoms with Gasteiger partial charge < -0.3 is 15.4 Å². The molecule has 100 valence electrons. The van der Waals surface area contributed by atoms with Crippen molar-refractivity contribution in [3.63, 3.8) is 0 Å². The van der Waals surface area contributed by atoms with Crippen LogP contribution in [0.15, 0.2) is 0 Å². The minimum atomic E-state index is -0.409. The lowest BCUT2D eigenvalue weighted by Gasteiger charge is -2.30. The van der Waals surface area contributed by atoms with Gasteiger partial charge in [-0.3, -0.25) is 4.79 Å². The predicted octanol–water partition coefficient (Wildman–Crippen LogP) is 1.24. The maximum absolute atomic E-state index is 12.2. The van der Waals surface area contributed by atoms with Crippen LogP contribution in [0.25, 0.3) is 0 Å². The Bertz CT molecular complexity index is 261. The molecule has 1 fully saturated rings. The molecule has 1 aliphatic heterocycles. The zero-order chi connectivity index (χ0) is 13.1. The normalized spacial score (nSPS) is 22.9. The van der Waals surface area contributed by atoms with Crippen LogP contribution in [0, 0.1) is 11.3 Å². The first-order chi connectivity index (χ1) is 7.86. The highest BCUT2D eigenvalue weighted by atomic mass is 16.5. The molecule has 1 amide bonds. The van der Waals surface area contributed by atoms with Gasteiger partial charge in [-0.25, -0.2) is 0 Å². The summed E-state index contributed by atoms with van der Waals surface area (Å²) in [6, 6.07) is -0.409. The Kier molecular flexibility index (Phi) is 4.95. The molecule has 1 rings (SSSR count). The molecule has 0 aliphatic carbocycles. The van der Waals surface area contributed by atoms with E-state index < -0.39 is 6.04 Å². The SMILES string of the molecule is CCOCC1CCN(C(=O)[C@@H](N)C(C)(C)C)C1. The van der Waals surface area contributed by atoms with E-state index in [1.807, 2.05) is 32.6 Å². The second-order valence-corrected chi connectivity index (χ2v) is 5.94. The van der Waals surface area contributed by atoms with Gasteiger partial charge in [-0.1, -0.05) is 20.8 Å². The first kappa shape index (κ1) is 14.5. The Labute approximate surface area is 104 Å². The van der Waals surface area contributed by atoms with Crippen molar-refractivity contribution in [2.45, 2.75) is 40.2 Å². The van der Waals surface area contributed by atoms with E-state index in [0.717, 1.165) is 32.7 Å². The third-order valence-electron chi connectivity index (χ3n) is 3.35. The molecule has 0 aromatic heterocycles. The Hall–Kier alpha value is -0.610. The average Bonchev–Trinajstić information content (AvgIpc) is 2.71. The van der Waals surface area contributed by atoms with E-state index in [2.05, 4.69) is 0 Å². The first-order valence-electron chi connectivity index (χ1n) is 6.48. The lowest BCUT2D eigenvalue weighted by molar-refractivity contribution is -0.134. The van der Waals surface area contributed by atoms with E-state index in [9.17, 15) is 4.79 Å². The second-order valence-electron chi connectivity index (χ2n) is 5.94. The predicted molar refractivity (Wildman–Crippen MR) is 68.6 cm³/mol. The largest absolute Gasteiger partial charge is 0.381 e. The Morgan fingerprint density at radius 1 is 1.53 bits per heavy atom. The van der Waals surface area contributed by atoms with E-state index in [1.165, 1.54) is 0 Å². The monoisotopic (exact) mass is 242 g/mol. The maximum Gasteiger partial charge on any atom is 0.240 e. The lowest BCUT2D eigenvalue weighted by atomic mass is 9.86. The number of carbonyl (C=O) groups is 1. The van der Waals surface area contributed by atoms with Crippen molar-refractivity contribution in [1.82, 2.24) is 4.90 Å². The van der Waals surface area contributed by atoms with Crippen molar-refractivity contribution in [2.24, 2.45) is 17.1 Å². The van der Waals surface area contributed by atoms with Gasteiger partial charge in [0, 0.05) is 25.6 Å². The van der Waals surface area contributed by atoms with Gasteiger partial charge in [-0.2, -0.15) is 0 Å². The summed E-state index contributed by atoms with van der Waals surface area (Å²) in [5, 5.41) is 0. The van der Waals surface area contributed by atoms with Crippen LogP contribution in [0.4, 0.5) is 0 Å². The van der Waals surface area contributed by atoms with Crippen molar-refractivity contribution in [3.05, 3.63) is 0 Å². The van der Waals surface area contributed by atoms with Crippen LogP contribution in [0.5, 0.6) is 0 Å². The van der Waals surface area contributed by atoms with Crippen LogP contribution in [-0.4, -0.2) is 43.2 Å². The molecule has 2 atom stereocenters. The molecule has 1 aliphatic rings. The molecule has 0 saturated carbocycles. The number of rotatable bonds is 4. The van der Waals surface area contributed by atoms with E-state index in [0.29, 0.717) is 5.92 Å². The standard InChI is InChI=1S/C13H26N2O2/c1-5-17-9-10-6-7-15(8-10)12(16)11(14)13(2,3)4/h10-11H,5-9,14H2,1-4H3/t10?,11-/m1/s1. The van der Waals surface area contributed by atoms with Gasteiger partial charge in [0.15, 0.2) is 0 Å². The van der Waals surface area contributed by atoms with Gasteiger partial charge in [-0.15, -0.1) is 0 Å². The molecule has 1 heterocycles. The number of likely N-dealkylation sites (tertiary alicyclic amines) is 1. The van der Waals surface area contributed by atoms with Crippen molar-refractivity contribution in [2.75, 3.05) is 26.3 Å². The fourth-order valence-corrected chi connectivity index (χ4v) is 2.02.